The van der Waals surface area contributed by atoms with Crippen LogP contribution in [0.1, 0.15) is 20.7 Å². The number of aromatic carboxylic acids is 2. The maximum absolute atomic E-state index is 10.5. The summed E-state index contributed by atoms with van der Waals surface area (Å²) in [6, 6.07) is 5.48. The Kier molecular flexibility index (Phi) is 6.22. The second kappa shape index (κ2) is 7.13. The number of carbonyl (C=O) groups is 3. The van der Waals surface area contributed by atoms with E-state index in [9.17, 15) is 14.4 Å². The minimum Gasteiger partial charge on any atom is -0.478 e. The van der Waals surface area contributed by atoms with E-state index in [-0.39, 0.29) is 16.0 Å². The van der Waals surface area contributed by atoms with Crippen LogP contribution in [0.15, 0.2) is 35.7 Å². The molecule has 0 aromatic heterocycles. The lowest BCUT2D eigenvalue weighted by Crippen LogP contribution is -2.06. The van der Waals surface area contributed by atoms with Crippen molar-refractivity contribution in [2.75, 3.05) is 0 Å². The maximum atomic E-state index is 10.5. The molecule has 0 bridgehead atoms. The summed E-state index contributed by atoms with van der Waals surface area (Å²) in [5.74, 6) is -3.53. The first-order valence-electron chi connectivity index (χ1n) is 4.44. The van der Waals surface area contributed by atoms with Crippen molar-refractivity contribution in [3.05, 3.63) is 46.9 Å². The first kappa shape index (κ1) is 15.7. The Bertz CT molecular complexity index is 449. The van der Waals surface area contributed by atoms with Gasteiger partial charge in [-0.15, -0.1) is 12.6 Å². The number of carboxylic acids is 3. The highest BCUT2D eigenvalue weighted by atomic mass is 32.1. The van der Waals surface area contributed by atoms with Crippen LogP contribution in [-0.2, 0) is 4.79 Å². The van der Waals surface area contributed by atoms with Gasteiger partial charge in [0.25, 0.3) is 0 Å². The molecule has 7 heteroatoms. The summed E-state index contributed by atoms with van der Waals surface area (Å²) in [5, 5.41) is 24.9. The number of rotatable bonds is 3. The first-order valence-corrected chi connectivity index (χ1v) is 4.88. The Hall–Kier alpha value is -2.28. The van der Waals surface area contributed by atoms with Crippen molar-refractivity contribution >= 4 is 30.5 Å². The predicted molar refractivity (Wildman–Crippen MR) is 66.1 cm³/mol. The highest BCUT2D eigenvalue weighted by Crippen LogP contribution is 2.07. The molecule has 0 saturated heterocycles. The van der Waals surface area contributed by atoms with Crippen LogP contribution in [0.25, 0.3) is 0 Å². The van der Waals surface area contributed by atoms with Crippen molar-refractivity contribution in [2.45, 2.75) is 0 Å². The van der Waals surface area contributed by atoms with Crippen LogP contribution >= 0.6 is 12.6 Å². The minimum atomic E-state index is -1.23. The van der Waals surface area contributed by atoms with Crippen LogP contribution in [0.2, 0.25) is 0 Å². The largest absolute Gasteiger partial charge is 0.478 e. The van der Waals surface area contributed by atoms with E-state index in [2.05, 4.69) is 19.2 Å². The zero-order valence-corrected chi connectivity index (χ0v) is 9.92. The summed E-state index contributed by atoms with van der Waals surface area (Å²) < 4.78 is 0. The lowest BCUT2D eigenvalue weighted by Gasteiger charge is -1.98. The molecule has 0 aliphatic rings. The smallest absolute Gasteiger partial charge is 0.341 e. The van der Waals surface area contributed by atoms with E-state index in [0.29, 0.717) is 0 Å². The topological polar surface area (TPSA) is 112 Å². The van der Waals surface area contributed by atoms with Gasteiger partial charge in [-0.3, -0.25) is 0 Å². The van der Waals surface area contributed by atoms with Gasteiger partial charge < -0.3 is 15.3 Å². The summed E-state index contributed by atoms with van der Waals surface area (Å²) in [4.78, 5) is 30.3. The van der Waals surface area contributed by atoms with Gasteiger partial charge in [0.15, 0.2) is 0 Å². The monoisotopic (exact) mass is 270 g/mol. The molecule has 0 aliphatic heterocycles. The minimum absolute atomic E-state index is 0.130. The molecule has 1 rings (SSSR count). The average Bonchev–Trinajstić information content (AvgIpc) is 2.29. The molecule has 1 aromatic rings. The molecule has 0 aliphatic carbocycles. The number of hydrogen-bond acceptors (Lipinski definition) is 4. The highest BCUT2D eigenvalue weighted by Gasteiger charge is 2.13. The van der Waals surface area contributed by atoms with Gasteiger partial charge in [0.05, 0.1) is 16.0 Å². The third-order valence-electron chi connectivity index (χ3n) is 1.63. The van der Waals surface area contributed by atoms with E-state index >= 15 is 0 Å². The summed E-state index contributed by atoms with van der Waals surface area (Å²) in [5.41, 5.74) is -0.380. The lowest BCUT2D eigenvalue weighted by atomic mass is 10.1. The molecule has 0 radical (unpaired) electrons. The number of benzene rings is 1. The first-order chi connectivity index (χ1) is 8.27. The van der Waals surface area contributed by atoms with E-state index in [4.69, 9.17) is 15.3 Å². The van der Waals surface area contributed by atoms with Crippen LogP contribution < -0.4 is 0 Å². The molecule has 0 heterocycles. The van der Waals surface area contributed by atoms with Crippen molar-refractivity contribution in [2.24, 2.45) is 0 Å². The van der Waals surface area contributed by atoms with Gasteiger partial charge in [-0.1, -0.05) is 18.7 Å². The second-order valence-electron chi connectivity index (χ2n) is 2.91. The van der Waals surface area contributed by atoms with Crippen LogP contribution in [-0.4, -0.2) is 33.2 Å². The Labute approximate surface area is 108 Å². The third-order valence-corrected chi connectivity index (χ3v) is 1.83. The fourth-order valence-corrected chi connectivity index (χ4v) is 0.856. The molecule has 1 aromatic carbocycles. The van der Waals surface area contributed by atoms with E-state index in [0.717, 1.165) is 0 Å². The lowest BCUT2D eigenvalue weighted by molar-refractivity contribution is -0.131. The predicted octanol–water partition coefficient (Wildman–Crippen LogP) is 1.60. The van der Waals surface area contributed by atoms with Crippen LogP contribution in [0.4, 0.5) is 0 Å². The molecular weight excluding hydrogens is 260 g/mol. The summed E-state index contributed by atoms with van der Waals surface area (Å²) in [7, 11) is 0. The van der Waals surface area contributed by atoms with Crippen molar-refractivity contribution in [1.82, 2.24) is 0 Å². The van der Waals surface area contributed by atoms with E-state index in [1.54, 1.807) is 0 Å². The van der Waals surface area contributed by atoms with Crippen molar-refractivity contribution in [1.29, 1.82) is 0 Å². The molecule has 0 unspecified atom stereocenters. The second-order valence-corrected chi connectivity index (χ2v) is 3.45. The van der Waals surface area contributed by atoms with Gasteiger partial charge in [-0.2, -0.15) is 0 Å². The summed E-state index contributed by atoms with van der Waals surface area (Å²) in [6.07, 6.45) is 0. The summed E-state index contributed by atoms with van der Waals surface area (Å²) >= 11 is 3.40. The molecule has 0 saturated carbocycles. The zero-order chi connectivity index (χ0) is 14.3. The third kappa shape index (κ3) is 5.17. The number of thiol groups is 1. The molecule has 0 atom stereocenters. The Morgan fingerprint density at radius 2 is 1.22 bits per heavy atom. The Balaban J connectivity index is 0.000000411. The SMILES string of the molecule is C=C(S)C(=O)O.O=C(O)c1ccccc1C(=O)O. The fraction of sp³-hybridized carbons (Fsp3) is 0. The van der Waals surface area contributed by atoms with Crippen molar-refractivity contribution in [3.8, 4) is 0 Å². The fourth-order valence-electron chi connectivity index (χ4n) is 0.856. The van der Waals surface area contributed by atoms with Crippen LogP contribution in [0, 0.1) is 0 Å². The van der Waals surface area contributed by atoms with Gasteiger partial charge in [0.2, 0.25) is 0 Å². The van der Waals surface area contributed by atoms with E-state index in [1.165, 1.54) is 24.3 Å². The van der Waals surface area contributed by atoms with E-state index in [1.807, 2.05) is 0 Å². The van der Waals surface area contributed by atoms with E-state index < -0.39 is 17.9 Å². The van der Waals surface area contributed by atoms with Gasteiger partial charge >= 0.3 is 17.9 Å². The Morgan fingerprint density at radius 3 is 1.39 bits per heavy atom. The van der Waals surface area contributed by atoms with Gasteiger partial charge in [-0.05, 0) is 12.1 Å². The van der Waals surface area contributed by atoms with Crippen molar-refractivity contribution in [3.63, 3.8) is 0 Å². The van der Waals surface area contributed by atoms with Crippen LogP contribution in [0.5, 0.6) is 0 Å². The summed E-state index contributed by atoms with van der Waals surface area (Å²) in [6.45, 7) is 3.02. The van der Waals surface area contributed by atoms with Gasteiger partial charge in [0.1, 0.15) is 0 Å². The quantitative estimate of drug-likeness (QED) is 0.490. The molecule has 6 nitrogen and oxygen atoms in total. The van der Waals surface area contributed by atoms with Gasteiger partial charge in [0, 0.05) is 0 Å². The molecule has 96 valence electrons. The molecule has 18 heavy (non-hydrogen) atoms. The molecule has 3 N–H and O–H groups in total. The molecule has 0 spiro atoms. The number of hydrogen-bond donors (Lipinski definition) is 4. The normalized spacial score (nSPS) is 8.72. The maximum Gasteiger partial charge on any atom is 0.341 e. The molecule has 0 amide bonds. The Morgan fingerprint density at radius 1 is 0.944 bits per heavy atom. The molecular formula is C11H10O6S. The number of aliphatic carboxylic acids is 1. The molecule has 0 fully saturated rings. The zero-order valence-electron chi connectivity index (χ0n) is 9.03. The van der Waals surface area contributed by atoms with Crippen LogP contribution in [0.3, 0.4) is 0 Å². The van der Waals surface area contributed by atoms with Gasteiger partial charge in [-0.25, -0.2) is 14.4 Å². The number of carboxylic acid groups (broad SMARTS) is 3. The highest BCUT2D eigenvalue weighted by molar-refractivity contribution is 7.85. The van der Waals surface area contributed by atoms with Crippen molar-refractivity contribution < 1.29 is 29.7 Å². The standard InChI is InChI=1S/C8H6O4.C3H4O2S/c9-7(10)5-3-1-2-4-6(5)8(11)12;1-2(6)3(4)5/h1-4H,(H,9,10)(H,11,12);6H,1H2,(H,4,5). The average molecular weight is 270 g/mol.